The smallest absolute Gasteiger partial charge is 0.327 e. The average molecular weight is 572 g/mol. The Kier molecular flexibility index (Phi) is 9.32. The van der Waals surface area contributed by atoms with Crippen molar-refractivity contribution in [3.8, 4) is 5.06 Å². The first-order valence-corrected chi connectivity index (χ1v) is 13.7. The van der Waals surface area contributed by atoms with Gasteiger partial charge < -0.3 is 14.2 Å². The topological polar surface area (TPSA) is 108 Å². The van der Waals surface area contributed by atoms with Gasteiger partial charge in [-0.2, -0.15) is 0 Å². The molecule has 0 N–H and O–H groups in total. The maximum Gasteiger partial charge on any atom is 0.327 e. The minimum Gasteiger partial charge on any atom is -0.468 e. The molecule has 0 unspecified atom stereocenters. The van der Waals surface area contributed by atoms with Gasteiger partial charge in [0.05, 0.1) is 42.7 Å². The third-order valence-corrected chi connectivity index (χ3v) is 8.02. The first-order chi connectivity index (χ1) is 18.7. The molecule has 0 radical (unpaired) electrons. The van der Waals surface area contributed by atoms with Crippen molar-refractivity contribution >= 4 is 40.8 Å². The fourth-order valence-corrected chi connectivity index (χ4v) is 5.63. The summed E-state index contributed by atoms with van der Waals surface area (Å²) in [4.78, 5) is 49.2. The molecule has 3 aromatic rings. The molecule has 0 spiro atoms. The minimum absolute atomic E-state index is 0.00272. The number of methoxy groups -OCH3 is 1. The summed E-state index contributed by atoms with van der Waals surface area (Å²) >= 11 is 7.79. The van der Waals surface area contributed by atoms with Crippen LogP contribution in [0, 0.1) is 20.8 Å². The number of hydrogen-bond acceptors (Lipinski definition) is 10. The molecule has 9 nitrogen and oxygen atoms in total. The molecule has 0 saturated heterocycles. The lowest BCUT2D eigenvalue weighted by Crippen LogP contribution is -2.38. The third-order valence-electron chi connectivity index (χ3n) is 6.56. The highest BCUT2D eigenvalue weighted by Crippen LogP contribution is 2.37. The van der Waals surface area contributed by atoms with Crippen molar-refractivity contribution in [1.29, 1.82) is 0 Å². The molecule has 0 fully saturated rings. The van der Waals surface area contributed by atoms with Gasteiger partial charge in [0.25, 0.3) is 0 Å². The van der Waals surface area contributed by atoms with Crippen LogP contribution < -0.4 is 4.74 Å². The molecule has 39 heavy (non-hydrogen) atoms. The molecule has 0 amide bonds. The van der Waals surface area contributed by atoms with Crippen LogP contribution in [0.4, 0.5) is 0 Å². The number of aryl methyl sites for hydroxylation is 3. The predicted octanol–water partition coefficient (Wildman–Crippen LogP) is 4.82. The number of halogens is 1. The maximum absolute atomic E-state index is 12.7. The molecule has 0 bridgehead atoms. The number of rotatable bonds is 9. The Labute approximate surface area is 236 Å². The van der Waals surface area contributed by atoms with E-state index in [4.69, 9.17) is 25.8 Å². The molecule has 206 valence electrons. The maximum atomic E-state index is 12.7. The fourth-order valence-electron chi connectivity index (χ4n) is 4.37. The molecule has 1 atom stereocenters. The Balaban J connectivity index is 1.32. The second-order valence-corrected chi connectivity index (χ2v) is 10.7. The van der Waals surface area contributed by atoms with Crippen LogP contribution in [0.1, 0.15) is 57.7 Å². The Morgan fingerprint density at radius 1 is 1.05 bits per heavy atom. The zero-order valence-corrected chi connectivity index (χ0v) is 23.9. The summed E-state index contributed by atoms with van der Waals surface area (Å²) in [5.74, 6) is -1.42. The fraction of sp³-hybridized carbons (Fsp3) is 0.393. The lowest BCUT2D eigenvalue weighted by Gasteiger charge is -2.33. The first-order valence-electron chi connectivity index (χ1n) is 12.5. The Hall–Kier alpha value is -3.34. The second-order valence-electron chi connectivity index (χ2n) is 9.24. The zero-order valence-electron chi connectivity index (χ0n) is 22.3. The van der Waals surface area contributed by atoms with Gasteiger partial charge in [-0.3, -0.25) is 24.5 Å². The molecule has 1 aliphatic rings. The van der Waals surface area contributed by atoms with Crippen LogP contribution in [-0.2, 0) is 43.4 Å². The minimum atomic E-state index is -0.646. The summed E-state index contributed by atoms with van der Waals surface area (Å²) in [5.41, 5.74) is 4.56. The number of ether oxygens (including phenoxy) is 3. The van der Waals surface area contributed by atoms with Crippen LogP contribution >= 0.6 is 22.9 Å². The van der Waals surface area contributed by atoms with E-state index >= 15 is 0 Å². The number of hydrogen-bond donors (Lipinski definition) is 0. The number of thiophene rings is 1. The highest BCUT2D eigenvalue weighted by Gasteiger charge is 2.33. The van der Waals surface area contributed by atoms with E-state index in [1.165, 1.54) is 18.4 Å². The zero-order chi connectivity index (χ0) is 28.1. The highest BCUT2D eigenvalue weighted by molar-refractivity contribution is 7.14. The van der Waals surface area contributed by atoms with E-state index in [9.17, 15) is 14.4 Å². The van der Waals surface area contributed by atoms with E-state index in [0.29, 0.717) is 46.5 Å². The van der Waals surface area contributed by atoms with Crippen LogP contribution in [0.3, 0.4) is 0 Å². The third kappa shape index (κ3) is 7.00. The van der Waals surface area contributed by atoms with Gasteiger partial charge in [0.15, 0.2) is 5.06 Å². The van der Waals surface area contributed by atoms with E-state index in [0.717, 1.165) is 21.8 Å². The van der Waals surface area contributed by atoms with Crippen molar-refractivity contribution in [3.63, 3.8) is 0 Å². The number of esters is 3. The molecular formula is C28H30ClN3O6S. The van der Waals surface area contributed by atoms with Gasteiger partial charge in [-0.15, -0.1) is 11.3 Å². The number of fused-ring (bicyclic) bond motifs is 1. The molecule has 11 heteroatoms. The van der Waals surface area contributed by atoms with Gasteiger partial charge in [-0.1, -0.05) is 29.8 Å². The molecular weight excluding hydrogens is 542 g/mol. The van der Waals surface area contributed by atoms with Crippen molar-refractivity contribution in [2.24, 2.45) is 0 Å². The number of carbonyl (C=O) groups is 3. The van der Waals surface area contributed by atoms with E-state index < -0.39 is 18.0 Å². The van der Waals surface area contributed by atoms with Gasteiger partial charge in [0.2, 0.25) is 0 Å². The summed E-state index contributed by atoms with van der Waals surface area (Å²) in [6.07, 6.45) is 0.471. The van der Waals surface area contributed by atoms with Crippen LogP contribution in [0.2, 0.25) is 5.02 Å². The van der Waals surface area contributed by atoms with Crippen molar-refractivity contribution in [2.45, 2.75) is 59.2 Å². The van der Waals surface area contributed by atoms with E-state index in [1.807, 2.05) is 49.9 Å². The van der Waals surface area contributed by atoms with E-state index in [-0.39, 0.29) is 25.4 Å². The lowest BCUT2D eigenvalue weighted by molar-refractivity contribution is -0.148. The molecule has 0 aliphatic carbocycles. The van der Waals surface area contributed by atoms with E-state index in [1.54, 1.807) is 6.07 Å². The second kappa shape index (κ2) is 12.7. The lowest BCUT2D eigenvalue weighted by atomic mass is 10.0. The number of nitrogens with zero attached hydrogens (tertiary/aromatic N) is 3. The summed E-state index contributed by atoms with van der Waals surface area (Å²) < 4.78 is 15.9. The van der Waals surface area contributed by atoms with Gasteiger partial charge in [-0.25, -0.2) is 4.79 Å². The van der Waals surface area contributed by atoms with Crippen molar-refractivity contribution in [3.05, 3.63) is 74.1 Å². The van der Waals surface area contributed by atoms with Crippen molar-refractivity contribution < 1.29 is 28.6 Å². The van der Waals surface area contributed by atoms with Crippen LogP contribution in [0.15, 0.2) is 30.3 Å². The predicted molar refractivity (Wildman–Crippen MR) is 146 cm³/mol. The van der Waals surface area contributed by atoms with Gasteiger partial charge in [0, 0.05) is 23.0 Å². The van der Waals surface area contributed by atoms with Crippen molar-refractivity contribution in [1.82, 2.24) is 14.9 Å². The van der Waals surface area contributed by atoms with E-state index in [2.05, 4.69) is 9.97 Å². The van der Waals surface area contributed by atoms with Crippen LogP contribution in [0.5, 0.6) is 5.06 Å². The average Bonchev–Trinajstić information content (AvgIpc) is 3.31. The SMILES string of the molecule is COC(=O)[C@H](c1ccccc1Cl)N1CCc2sc(OC(=O)CCC(=O)OCc3nc(C)c(C)nc3C)cc2C1. The normalized spacial score (nSPS) is 13.9. The Morgan fingerprint density at radius 3 is 2.51 bits per heavy atom. The quantitative estimate of drug-likeness (QED) is 0.334. The summed E-state index contributed by atoms with van der Waals surface area (Å²) in [7, 11) is 1.36. The molecule has 2 aromatic heterocycles. The Morgan fingerprint density at radius 2 is 1.77 bits per heavy atom. The summed E-state index contributed by atoms with van der Waals surface area (Å²) in [6, 6.07) is 8.38. The van der Waals surface area contributed by atoms with Crippen LogP contribution in [-0.4, -0.2) is 46.4 Å². The molecule has 1 aliphatic heterocycles. The number of carbonyl (C=O) groups excluding carboxylic acids is 3. The first kappa shape index (κ1) is 28.7. The molecule has 4 rings (SSSR count). The summed E-state index contributed by atoms with van der Waals surface area (Å²) in [6.45, 7) is 6.62. The molecule has 0 saturated carbocycles. The highest BCUT2D eigenvalue weighted by atomic mass is 35.5. The molecule has 1 aromatic carbocycles. The number of aromatic nitrogens is 2. The van der Waals surface area contributed by atoms with Gasteiger partial charge in [0.1, 0.15) is 12.6 Å². The monoisotopic (exact) mass is 571 g/mol. The van der Waals surface area contributed by atoms with Gasteiger partial charge in [-0.05, 0) is 50.5 Å². The molecule has 3 heterocycles. The summed E-state index contributed by atoms with van der Waals surface area (Å²) in [5, 5.41) is 0.947. The standard InChI is InChI=1S/C28H30ClN3O6S/c1-16-17(2)31-22(18(3)30-16)15-37-24(33)9-10-25(34)38-26-13-19-14-32(12-11-23(19)39-26)27(28(35)36-4)20-7-5-6-8-21(20)29/h5-8,13,27H,9-12,14-15H2,1-4H3/t27-/m0/s1. The van der Waals surface area contributed by atoms with Crippen LogP contribution in [0.25, 0.3) is 0 Å². The van der Waals surface area contributed by atoms with Crippen molar-refractivity contribution in [2.75, 3.05) is 13.7 Å². The largest absolute Gasteiger partial charge is 0.468 e. The number of benzene rings is 1. The Bertz CT molecular complexity index is 1390. The van der Waals surface area contributed by atoms with Gasteiger partial charge >= 0.3 is 17.9 Å².